The summed E-state index contributed by atoms with van der Waals surface area (Å²) in [7, 11) is 0. The lowest BCUT2D eigenvalue weighted by Crippen LogP contribution is -2.62. The van der Waals surface area contributed by atoms with Gasteiger partial charge in [-0.05, 0) is 49.6 Å². The van der Waals surface area contributed by atoms with Gasteiger partial charge < -0.3 is 25.2 Å². The molecule has 1 aliphatic rings. The molecule has 2 heterocycles. The summed E-state index contributed by atoms with van der Waals surface area (Å²) in [6.07, 6.45) is -4.21. The molecule has 1 fully saturated rings. The van der Waals surface area contributed by atoms with Gasteiger partial charge in [0, 0.05) is 16.2 Å². The van der Waals surface area contributed by atoms with E-state index < -0.39 is 36.6 Å². The first-order valence-corrected chi connectivity index (χ1v) is 9.56. The third kappa shape index (κ3) is 4.11. The van der Waals surface area contributed by atoms with Crippen LogP contribution in [0.5, 0.6) is 0 Å². The third-order valence-electron chi connectivity index (χ3n) is 5.28. The number of benzene rings is 1. The number of ether oxygens (including phenoxy) is 1. The van der Waals surface area contributed by atoms with Gasteiger partial charge >= 0.3 is 0 Å². The molecule has 3 rings (SSSR count). The van der Waals surface area contributed by atoms with Crippen molar-refractivity contribution < 1.29 is 25.2 Å². The van der Waals surface area contributed by atoms with E-state index in [0.717, 1.165) is 17.5 Å². The summed E-state index contributed by atoms with van der Waals surface area (Å²) in [6, 6.07) is 10.0. The van der Waals surface area contributed by atoms with Crippen LogP contribution in [0.25, 0.3) is 0 Å². The minimum Gasteiger partial charge on any atom is -0.394 e. The van der Waals surface area contributed by atoms with Crippen molar-refractivity contribution in [1.82, 2.24) is 0 Å². The van der Waals surface area contributed by atoms with E-state index in [1.54, 1.807) is 18.3 Å². The molecule has 1 aliphatic heterocycles. The average molecular weight is 395 g/mol. The van der Waals surface area contributed by atoms with Gasteiger partial charge in [-0.2, -0.15) is 0 Å². The molecule has 5 atom stereocenters. The zero-order chi connectivity index (χ0) is 19.1. The summed E-state index contributed by atoms with van der Waals surface area (Å²) < 4.78 is 5.85. The maximum absolute atomic E-state index is 10.6. The molecule has 0 bridgehead atoms. The van der Waals surface area contributed by atoms with Crippen LogP contribution in [0, 0.1) is 13.8 Å². The normalized spacial score (nSPS) is 30.8. The highest BCUT2D eigenvalue weighted by Gasteiger charge is 2.51. The Morgan fingerprint density at radius 2 is 1.78 bits per heavy atom. The van der Waals surface area contributed by atoms with Crippen LogP contribution in [-0.4, -0.2) is 51.4 Å². The first-order chi connectivity index (χ1) is 12.3. The van der Waals surface area contributed by atoms with Crippen LogP contribution < -0.4 is 0 Å². The van der Waals surface area contributed by atoms with Gasteiger partial charge in [-0.3, -0.25) is 0 Å². The number of aliphatic hydroxyl groups excluding tert-OH is 4. The fraction of sp³-hybridized carbons (Fsp3) is 0.524. The van der Waals surface area contributed by atoms with Crippen LogP contribution in [-0.2, 0) is 16.8 Å². The maximum Gasteiger partial charge on any atom is 0.119 e. The fourth-order valence-corrected chi connectivity index (χ4v) is 4.42. The maximum atomic E-state index is 10.6. The van der Waals surface area contributed by atoms with Crippen LogP contribution in [0.1, 0.15) is 40.8 Å². The lowest BCUT2D eigenvalue weighted by atomic mass is 9.80. The van der Waals surface area contributed by atoms with E-state index in [2.05, 4.69) is 19.1 Å². The number of hydrogen-bond donors (Lipinski definition) is 4. The Bertz CT molecular complexity index is 772. The molecule has 6 heteroatoms. The second-order valence-electron chi connectivity index (χ2n) is 7.20. The van der Waals surface area contributed by atoms with E-state index in [9.17, 15) is 20.4 Å². The van der Waals surface area contributed by atoms with Crippen molar-refractivity contribution in [2.75, 3.05) is 6.61 Å². The Morgan fingerprint density at radius 3 is 2.37 bits per heavy atom. The van der Waals surface area contributed by atoms with Crippen molar-refractivity contribution >= 4 is 11.3 Å². The second kappa shape index (κ2) is 8.39. The number of hydrogen-bond acceptors (Lipinski definition) is 6. The van der Waals surface area contributed by atoms with Gasteiger partial charge in [0.2, 0.25) is 0 Å². The minimum atomic E-state index is -1.39. The SMILES string of the molecule is C.Cc1ccc(Cc2cc(C3(C)O[C@H](CO)[C@@H](O)[C@H](O)[C@H]3O)ccc2C)s1. The monoisotopic (exact) mass is 394 g/mol. The van der Waals surface area contributed by atoms with E-state index in [1.807, 2.05) is 25.1 Å². The van der Waals surface area contributed by atoms with Crippen molar-refractivity contribution in [3.8, 4) is 0 Å². The van der Waals surface area contributed by atoms with Crippen molar-refractivity contribution in [3.63, 3.8) is 0 Å². The first kappa shape index (κ1) is 22.0. The van der Waals surface area contributed by atoms with Gasteiger partial charge in [0.05, 0.1) is 6.61 Å². The molecular formula is C21H30O5S. The molecule has 0 radical (unpaired) electrons. The van der Waals surface area contributed by atoms with Crippen LogP contribution in [0.15, 0.2) is 30.3 Å². The fourth-order valence-electron chi connectivity index (χ4n) is 3.51. The predicted molar refractivity (Wildman–Crippen MR) is 107 cm³/mol. The topological polar surface area (TPSA) is 90.2 Å². The summed E-state index contributed by atoms with van der Waals surface area (Å²) in [5.74, 6) is 0. The molecule has 0 saturated carbocycles. The highest BCUT2D eigenvalue weighted by atomic mass is 32.1. The molecule has 2 aromatic rings. The standard InChI is InChI=1S/C20H26O5S.CH4/c1-11-4-6-14(8-13(11)9-15-7-5-12(2)26-15)20(3)19(24)18(23)17(22)16(10-21)25-20;/h4-8,16-19,21-24H,9-10H2,1-3H3;1H4/t16-,17-,18+,19-,20?;/m1./s1. The van der Waals surface area contributed by atoms with Gasteiger partial charge in [0.25, 0.3) is 0 Å². The van der Waals surface area contributed by atoms with Gasteiger partial charge in [-0.15, -0.1) is 11.3 Å². The van der Waals surface area contributed by atoms with E-state index in [1.165, 1.54) is 9.75 Å². The molecule has 1 aromatic carbocycles. The Kier molecular flexibility index (Phi) is 6.84. The van der Waals surface area contributed by atoms with Crippen molar-refractivity contribution in [2.45, 2.75) is 64.6 Å². The predicted octanol–water partition coefficient (Wildman–Crippen LogP) is 2.28. The van der Waals surface area contributed by atoms with E-state index in [0.29, 0.717) is 5.56 Å². The molecule has 0 spiro atoms. The molecule has 1 saturated heterocycles. The molecular weight excluding hydrogens is 364 g/mol. The van der Waals surface area contributed by atoms with Gasteiger partial charge in [-0.25, -0.2) is 0 Å². The van der Waals surface area contributed by atoms with Gasteiger partial charge in [0.1, 0.15) is 30.0 Å². The second-order valence-corrected chi connectivity index (χ2v) is 8.57. The van der Waals surface area contributed by atoms with Crippen LogP contribution >= 0.6 is 11.3 Å². The molecule has 5 nitrogen and oxygen atoms in total. The lowest BCUT2D eigenvalue weighted by Gasteiger charge is -2.47. The summed E-state index contributed by atoms with van der Waals surface area (Å²) in [4.78, 5) is 2.51. The Labute approximate surface area is 164 Å². The lowest BCUT2D eigenvalue weighted by molar-refractivity contribution is -0.273. The Balaban J connectivity index is 0.00000261. The molecule has 4 N–H and O–H groups in total. The highest BCUT2D eigenvalue weighted by Crippen LogP contribution is 2.39. The van der Waals surface area contributed by atoms with Crippen molar-refractivity contribution in [2.24, 2.45) is 0 Å². The van der Waals surface area contributed by atoms with E-state index in [4.69, 9.17) is 4.74 Å². The smallest absolute Gasteiger partial charge is 0.119 e. The summed E-state index contributed by atoms with van der Waals surface area (Å²) in [5.41, 5.74) is 1.73. The molecule has 0 amide bonds. The summed E-state index contributed by atoms with van der Waals surface area (Å²) in [6.45, 7) is 5.36. The average Bonchev–Trinajstić information content (AvgIpc) is 3.03. The summed E-state index contributed by atoms with van der Waals surface area (Å²) in [5, 5.41) is 40.2. The molecule has 27 heavy (non-hydrogen) atoms. The van der Waals surface area contributed by atoms with Gasteiger partial charge in [-0.1, -0.05) is 25.6 Å². The Morgan fingerprint density at radius 1 is 1.07 bits per heavy atom. The minimum absolute atomic E-state index is 0. The molecule has 1 aromatic heterocycles. The van der Waals surface area contributed by atoms with Crippen molar-refractivity contribution in [3.05, 3.63) is 56.8 Å². The summed E-state index contributed by atoms with van der Waals surface area (Å²) >= 11 is 1.75. The van der Waals surface area contributed by atoms with E-state index >= 15 is 0 Å². The number of aryl methyl sites for hydroxylation is 2. The highest BCUT2D eigenvalue weighted by molar-refractivity contribution is 7.11. The van der Waals surface area contributed by atoms with Crippen LogP contribution in [0.3, 0.4) is 0 Å². The largest absolute Gasteiger partial charge is 0.394 e. The van der Waals surface area contributed by atoms with Crippen LogP contribution in [0.4, 0.5) is 0 Å². The van der Waals surface area contributed by atoms with E-state index in [-0.39, 0.29) is 7.43 Å². The zero-order valence-corrected chi connectivity index (χ0v) is 16.0. The van der Waals surface area contributed by atoms with Gasteiger partial charge in [0.15, 0.2) is 0 Å². The number of aliphatic hydroxyl groups is 4. The third-order valence-corrected chi connectivity index (χ3v) is 6.28. The van der Waals surface area contributed by atoms with Crippen molar-refractivity contribution in [1.29, 1.82) is 0 Å². The molecule has 150 valence electrons. The number of rotatable bonds is 4. The van der Waals surface area contributed by atoms with Crippen LogP contribution in [0.2, 0.25) is 0 Å². The zero-order valence-electron chi connectivity index (χ0n) is 15.2. The first-order valence-electron chi connectivity index (χ1n) is 8.74. The number of thiophene rings is 1. The quantitative estimate of drug-likeness (QED) is 0.639. The Hall–Kier alpha value is -1.28. The molecule has 1 unspecified atom stereocenters. The molecule has 0 aliphatic carbocycles.